The first-order valence-electron chi connectivity index (χ1n) is 12.7. The second-order valence-corrected chi connectivity index (χ2v) is 24.9. The van der Waals surface area contributed by atoms with E-state index in [1.807, 2.05) is 62.3 Å². The van der Waals surface area contributed by atoms with Crippen LogP contribution in [0.15, 0.2) is 24.3 Å². The van der Waals surface area contributed by atoms with Gasteiger partial charge in [0, 0.05) is 0 Å². The van der Waals surface area contributed by atoms with E-state index in [0.29, 0.717) is 0 Å². The third kappa shape index (κ3) is 34.6. The Hall–Kier alpha value is 0.619. The van der Waals surface area contributed by atoms with E-state index < -0.39 is 42.3 Å². The molecular formula is C26H57NO4PtSi3. The summed E-state index contributed by atoms with van der Waals surface area (Å²) >= 11 is 0. The third-order valence-electron chi connectivity index (χ3n) is 3.30. The van der Waals surface area contributed by atoms with Crippen molar-refractivity contribution in [3.05, 3.63) is 29.0 Å². The molecule has 0 aromatic rings. The maximum atomic E-state index is 12.6. The van der Waals surface area contributed by atoms with Crippen LogP contribution < -0.4 is 4.80 Å². The van der Waals surface area contributed by atoms with Crippen LogP contribution in [0.4, 0.5) is 0 Å². The molecule has 212 valence electrons. The van der Waals surface area contributed by atoms with Gasteiger partial charge in [-0.2, -0.15) is 0 Å². The third-order valence-corrected chi connectivity index (χ3v) is 11.3. The van der Waals surface area contributed by atoms with Crippen LogP contribution in [0.2, 0.25) is 39.3 Å². The van der Waals surface area contributed by atoms with E-state index in [4.69, 9.17) is 17.9 Å². The zero-order valence-electron chi connectivity index (χ0n) is 25.5. The molecule has 0 heterocycles. The molecule has 0 aromatic heterocycles. The molecule has 1 aliphatic rings. The molecule has 0 unspecified atom stereocenters. The molecule has 0 radical (unpaired) electrons. The molecule has 9 heteroatoms. The van der Waals surface area contributed by atoms with E-state index >= 15 is 0 Å². The second-order valence-electron chi connectivity index (χ2n) is 13.7. The summed E-state index contributed by atoms with van der Waals surface area (Å²) in [6, 6.07) is 0. The molecule has 1 rings (SSSR count). The van der Waals surface area contributed by atoms with Gasteiger partial charge in [0.2, 0.25) is 0 Å². The standard InChI is InChI=1S/C12H27O4Si.C8H12.C6H18NSi2.Pt/c1-10(2,3)14-17(13,15-11(4,5)6)16-12(7,8)9;1-2-4-6-8-7-5-3-1;1-8(2,3)7-9(4,5)6;/h1-9H3;1-2,7-8H,3-6H2;1-6H3;/q-1;;-1;+2/b;2-1-,8-7-;;. The summed E-state index contributed by atoms with van der Waals surface area (Å²) in [5, 5.41) is 0. The van der Waals surface area contributed by atoms with Crippen molar-refractivity contribution in [1.82, 2.24) is 0 Å². The summed E-state index contributed by atoms with van der Waals surface area (Å²) in [7, 11) is -6.12. The predicted octanol–water partition coefficient (Wildman–Crippen LogP) is 7.93. The minimum Gasteiger partial charge on any atom is -0.793 e. The Balaban J connectivity index is -0.000000478. The van der Waals surface area contributed by atoms with Gasteiger partial charge in [-0.15, -0.1) is 0 Å². The Morgan fingerprint density at radius 3 is 0.857 bits per heavy atom. The molecule has 35 heavy (non-hydrogen) atoms. The molecule has 0 saturated carbocycles. The zero-order chi connectivity index (χ0) is 27.5. The fraction of sp³-hybridized carbons (Fsp3) is 0.846. The van der Waals surface area contributed by atoms with E-state index in [1.165, 1.54) is 25.7 Å². The molecule has 0 amide bonds. The van der Waals surface area contributed by atoms with Crippen LogP contribution in [0.1, 0.15) is 88.0 Å². The normalized spacial score (nSPS) is 17.4. The molecule has 1 aliphatic carbocycles. The van der Waals surface area contributed by atoms with Crippen LogP contribution >= 0.6 is 0 Å². The quantitative estimate of drug-likeness (QED) is 0.213. The Labute approximate surface area is 236 Å². The van der Waals surface area contributed by atoms with E-state index in [1.54, 1.807) is 0 Å². The Morgan fingerprint density at radius 1 is 0.543 bits per heavy atom. The van der Waals surface area contributed by atoms with Crippen molar-refractivity contribution in [2.75, 3.05) is 0 Å². The van der Waals surface area contributed by atoms with Crippen molar-refractivity contribution in [2.45, 2.75) is 144 Å². The van der Waals surface area contributed by atoms with Gasteiger partial charge in [0.25, 0.3) is 0 Å². The first kappa shape index (κ1) is 40.1. The Morgan fingerprint density at radius 2 is 0.743 bits per heavy atom. The van der Waals surface area contributed by atoms with Crippen LogP contribution in [-0.2, 0) is 34.3 Å². The smallest absolute Gasteiger partial charge is 0.793 e. The molecule has 0 aromatic carbocycles. The Kier molecular flexibility index (Phi) is 19.0. The van der Waals surface area contributed by atoms with Crippen molar-refractivity contribution in [2.24, 2.45) is 0 Å². The summed E-state index contributed by atoms with van der Waals surface area (Å²) in [5.41, 5.74) is -1.74. The molecule has 0 spiro atoms. The van der Waals surface area contributed by atoms with Crippen molar-refractivity contribution in [3.8, 4) is 0 Å². The summed E-state index contributed by atoms with van der Waals surface area (Å²) in [5.74, 6) is 0. The molecule has 0 bridgehead atoms. The molecule has 0 N–H and O–H groups in total. The molecule has 0 saturated heterocycles. The van der Waals surface area contributed by atoms with Crippen LogP contribution in [0.5, 0.6) is 0 Å². The Bertz CT molecular complexity index is 530. The van der Waals surface area contributed by atoms with Gasteiger partial charge in [-0.3, -0.25) is 0 Å². The molecular weight excluding hydrogens is 670 g/mol. The molecule has 0 aliphatic heterocycles. The largest absolute Gasteiger partial charge is 2.00 e. The van der Waals surface area contributed by atoms with Crippen molar-refractivity contribution < 1.29 is 39.1 Å². The number of hydrogen-bond acceptors (Lipinski definition) is 4. The van der Waals surface area contributed by atoms with Gasteiger partial charge in [-0.1, -0.05) is 80.1 Å². The van der Waals surface area contributed by atoms with Gasteiger partial charge in [0.05, 0.1) is 16.8 Å². The van der Waals surface area contributed by atoms with Crippen LogP contribution in [0.3, 0.4) is 0 Å². The van der Waals surface area contributed by atoms with Gasteiger partial charge >= 0.3 is 30.1 Å². The summed E-state index contributed by atoms with van der Waals surface area (Å²) < 4.78 is 21.4. The van der Waals surface area contributed by atoms with E-state index in [0.717, 1.165) is 0 Å². The number of allylic oxidation sites excluding steroid dienone is 4. The topological polar surface area (TPSA) is 64.8 Å². The van der Waals surface area contributed by atoms with Gasteiger partial charge in [-0.05, 0) is 88.0 Å². The number of nitrogens with zero attached hydrogens (tertiary/aromatic N) is 1. The number of rotatable bonds is 5. The van der Waals surface area contributed by atoms with Gasteiger partial charge in [0.15, 0.2) is 0 Å². The first-order valence-corrected chi connectivity index (χ1v) is 21.2. The number of hydrogen-bond donors (Lipinski definition) is 0. The van der Waals surface area contributed by atoms with Gasteiger partial charge in [-0.25, -0.2) is 0 Å². The molecule has 5 nitrogen and oxygen atoms in total. The van der Waals surface area contributed by atoms with Crippen molar-refractivity contribution >= 4 is 25.5 Å². The van der Waals surface area contributed by atoms with Crippen LogP contribution in [-0.4, -0.2) is 42.3 Å². The fourth-order valence-electron chi connectivity index (χ4n) is 3.05. The van der Waals surface area contributed by atoms with Gasteiger partial charge < -0.3 is 22.7 Å². The average Bonchev–Trinajstić information content (AvgIpc) is 2.35. The summed E-state index contributed by atoms with van der Waals surface area (Å²) in [6.45, 7) is 30.2. The van der Waals surface area contributed by atoms with Gasteiger partial charge in [0.1, 0.15) is 0 Å². The second kappa shape index (κ2) is 16.6. The van der Waals surface area contributed by atoms with Crippen molar-refractivity contribution in [1.29, 1.82) is 0 Å². The summed E-state index contributed by atoms with van der Waals surface area (Å²) in [4.78, 5) is 12.6. The predicted molar refractivity (Wildman–Crippen MR) is 155 cm³/mol. The van der Waals surface area contributed by atoms with Crippen molar-refractivity contribution in [3.63, 3.8) is 0 Å². The van der Waals surface area contributed by atoms with Crippen LogP contribution in [0.25, 0.3) is 4.65 Å². The summed E-state index contributed by atoms with van der Waals surface area (Å²) in [6.07, 6.45) is 14.0. The SMILES string of the molecule is C1=C\CC/C=C\CC/1.CC(C)(C)O[Si]([O-])(OC(C)(C)C)OC(C)(C)C.C[Si](C)(C)[N-][Si](C)(C)C.[Pt+2]. The van der Waals surface area contributed by atoms with E-state index in [-0.39, 0.29) is 21.1 Å². The van der Waals surface area contributed by atoms with E-state index in [2.05, 4.69) is 63.6 Å². The maximum absolute atomic E-state index is 12.6. The average molecular weight is 727 g/mol. The zero-order valence-corrected chi connectivity index (χ0v) is 30.8. The monoisotopic (exact) mass is 726 g/mol. The maximum Gasteiger partial charge on any atom is 2.00 e. The van der Waals surface area contributed by atoms with E-state index in [9.17, 15) is 4.80 Å². The first-order chi connectivity index (χ1) is 14.8. The molecule has 0 atom stereocenters. The minimum atomic E-state index is -3.91. The molecule has 0 fully saturated rings. The minimum absolute atomic E-state index is 0. The van der Waals surface area contributed by atoms with Crippen LogP contribution in [0, 0.1) is 0 Å². The fourth-order valence-corrected chi connectivity index (χ4v) is 13.5.